The lowest BCUT2D eigenvalue weighted by atomic mass is 10.2. The zero-order valence-corrected chi connectivity index (χ0v) is 8.03. The first-order chi connectivity index (χ1) is 5.27. The minimum absolute atomic E-state index is 0.439. The second-order valence-electron chi connectivity index (χ2n) is 2.58. The van der Waals surface area contributed by atoms with Crippen molar-refractivity contribution in [2.45, 2.75) is 26.3 Å². The summed E-state index contributed by atoms with van der Waals surface area (Å²) in [6.07, 6.45) is 1.10. The predicted molar refractivity (Wildman–Crippen MR) is 48.9 cm³/mol. The third kappa shape index (κ3) is 2.01. The standard InChI is InChI=1S/C8H14N2S/c1-4-7(9-3)8-10-6(2)5-11-8/h5,7,9H,4H2,1-3H3. The zero-order valence-electron chi connectivity index (χ0n) is 7.22. The van der Waals surface area contributed by atoms with Gasteiger partial charge in [0.15, 0.2) is 0 Å². The largest absolute Gasteiger partial charge is 0.311 e. The van der Waals surface area contributed by atoms with Crippen molar-refractivity contribution < 1.29 is 0 Å². The van der Waals surface area contributed by atoms with Crippen molar-refractivity contribution in [3.05, 3.63) is 16.1 Å². The lowest BCUT2D eigenvalue weighted by Crippen LogP contribution is -2.14. The first-order valence-electron chi connectivity index (χ1n) is 3.87. The minimum atomic E-state index is 0.439. The van der Waals surface area contributed by atoms with Crippen molar-refractivity contribution in [2.24, 2.45) is 0 Å². The molecule has 2 nitrogen and oxygen atoms in total. The van der Waals surface area contributed by atoms with Gasteiger partial charge in [0.1, 0.15) is 5.01 Å². The molecule has 0 aliphatic carbocycles. The van der Waals surface area contributed by atoms with E-state index >= 15 is 0 Å². The van der Waals surface area contributed by atoms with Gasteiger partial charge in [-0.25, -0.2) is 4.98 Å². The van der Waals surface area contributed by atoms with Gasteiger partial charge in [0.25, 0.3) is 0 Å². The van der Waals surface area contributed by atoms with E-state index in [9.17, 15) is 0 Å². The Balaban J connectivity index is 2.73. The van der Waals surface area contributed by atoms with Crippen molar-refractivity contribution in [1.29, 1.82) is 0 Å². The summed E-state index contributed by atoms with van der Waals surface area (Å²) in [5.74, 6) is 0. The highest BCUT2D eigenvalue weighted by atomic mass is 32.1. The van der Waals surface area contributed by atoms with E-state index in [-0.39, 0.29) is 0 Å². The first kappa shape index (κ1) is 8.68. The van der Waals surface area contributed by atoms with Crippen molar-refractivity contribution in [2.75, 3.05) is 7.05 Å². The Morgan fingerprint density at radius 1 is 1.73 bits per heavy atom. The van der Waals surface area contributed by atoms with Crippen molar-refractivity contribution in [1.82, 2.24) is 10.3 Å². The van der Waals surface area contributed by atoms with E-state index in [0.717, 1.165) is 12.1 Å². The summed E-state index contributed by atoms with van der Waals surface area (Å²) < 4.78 is 0. The summed E-state index contributed by atoms with van der Waals surface area (Å²) in [5, 5.41) is 6.52. The van der Waals surface area contributed by atoms with Crippen LogP contribution in [0.4, 0.5) is 0 Å². The molecule has 1 rings (SSSR count). The summed E-state index contributed by atoms with van der Waals surface area (Å²) in [6, 6.07) is 0.439. The molecule has 1 unspecified atom stereocenters. The lowest BCUT2D eigenvalue weighted by molar-refractivity contribution is 0.572. The molecule has 0 amide bonds. The van der Waals surface area contributed by atoms with Gasteiger partial charge in [-0.15, -0.1) is 11.3 Å². The van der Waals surface area contributed by atoms with Crippen LogP contribution >= 0.6 is 11.3 Å². The van der Waals surface area contributed by atoms with Crippen LogP contribution < -0.4 is 5.32 Å². The van der Waals surface area contributed by atoms with Crippen molar-refractivity contribution >= 4 is 11.3 Å². The van der Waals surface area contributed by atoms with Gasteiger partial charge in [0.05, 0.1) is 6.04 Å². The zero-order chi connectivity index (χ0) is 8.27. The van der Waals surface area contributed by atoms with Crippen LogP contribution in [0.25, 0.3) is 0 Å². The molecule has 1 aromatic heterocycles. The van der Waals surface area contributed by atoms with Crippen LogP contribution in [0, 0.1) is 6.92 Å². The van der Waals surface area contributed by atoms with E-state index in [0.29, 0.717) is 6.04 Å². The smallest absolute Gasteiger partial charge is 0.110 e. The molecule has 0 aromatic carbocycles. The fraction of sp³-hybridized carbons (Fsp3) is 0.625. The molecule has 0 aliphatic rings. The molecule has 0 radical (unpaired) electrons. The van der Waals surface area contributed by atoms with Gasteiger partial charge in [0, 0.05) is 11.1 Å². The third-order valence-electron chi connectivity index (χ3n) is 1.69. The van der Waals surface area contributed by atoms with Gasteiger partial charge < -0.3 is 5.32 Å². The van der Waals surface area contributed by atoms with E-state index in [1.807, 2.05) is 14.0 Å². The first-order valence-corrected chi connectivity index (χ1v) is 4.75. The van der Waals surface area contributed by atoms with E-state index < -0.39 is 0 Å². The van der Waals surface area contributed by atoms with E-state index in [1.165, 1.54) is 5.01 Å². The fourth-order valence-corrected chi connectivity index (χ4v) is 2.02. The topological polar surface area (TPSA) is 24.9 Å². The second kappa shape index (κ2) is 3.83. The molecular formula is C8H14N2S. The highest BCUT2D eigenvalue weighted by Gasteiger charge is 2.08. The Labute approximate surface area is 71.7 Å². The Bertz CT molecular complexity index is 216. The number of thiazole rings is 1. The maximum Gasteiger partial charge on any atom is 0.110 e. The Hall–Kier alpha value is -0.410. The Morgan fingerprint density at radius 3 is 2.82 bits per heavy atom. The van der Waals surface area contributed by atoms with E-state index in [2.05, 4.69) is 22.6 Å². The third-order valence-corrected chi connectivity index (χ3v) is 2.77. The molecule has 11 heavy (non-hydrogen) atoms. The summed E-state index contributed by atoms with van der Waals surface area (Å²) in [4.78, 5) is 4.41. The SMILES string of the molecule is CCC(NC)c1nc(C)cs1. The number of nitrogens with zero attached hydrogens (tertiary/aromatic N) is 1. The normalized spacial score (nSPS) is 13.4. The van der Waals surface area contributed by atoms with Gasteiger partial charge in [-0.05, 0) is 20.4 Å². The molecule has 0 aliphatic heterocycles. The average Bonchev–Trinajstić information content (AvgIpc) is 2.39. The fourth-order valence-electron chi connectivity index (χ4n) is 1.03. The monoisotopic (exact) mass is 170 g/mol. The number of hydrogen-bond donors (Lipinski definition) is 1. The molecule has 1 heterocycles. The van der Waals surface area contributed by atoms with Gasteiger partial charge in [-0.2, -0.15) is 0 Å². The molecule has 1 N–H and O–H groups in total. The summed E-state index contributed by atoms with van der Waals surface area (Å²) in [7, 11) is 1.98. The molecule has 0 bridgehead atoms. The van der Waals surface area contributed by atoms with Crippen molar-refractivity contribution in [3.63, 3.8) is 0 Å². The van der Waals surface area contributed by atoms with Crippen LogP contribution in [0.2, 0.25) is 0 Å². The molecule has 0 spiro atoms. The quantitative estimate of drug-likeness (QED) is 0.751. The van der Waals surface area contributed by atoms with Gasteiger partial charge in [0.2, 0.25) is 0 Å². The molecule has 1 aromatic rings. The van der Waals surface area contributed by atoms with Crippen LogP contribution in [0.5, 0.6) is 0 Å². The van der Waals surface area contributed by atoms with Crippen LogP contribution in [0.15, 0.2) is 5.38 Å². The highest BCUT2D eigenvalue weighted by Crippen LogP contribution is 2.19. The second-order valence-corrected chi connectivity index (χ2v) is 3.47. The minimum Gasteiger partial charge on any atom is -0.311 e. The summed E-state index contributed by atoms with van der Waals surface area (Å²) >= 11 is 1.73. The van der Waals surface area contributed by atoms with E-state index in [4.69, 9.17) is 0 Å². The number of rotatable bonds is 3. The lowest BCUT2D eigenvalue weighted by Gasteiger charge is -2.08. The van der Waals surface area contributed by atoms with Crippen LogP contribution in [0.1, 0.15) is 30.1 Å². The van der Waals surface area contributed by atoms with Crippen LogP contribution in [-0.2, 0) is 0 Å². The Kier molecular flexibility index (Phi) is 3.02. The van der Waals surface area contributed by atoms with Crippen LogP contribution in [-0.4, -0.2) is 12.0 Å². The Morgan fingerprint density at radius 2 is 2.45 bits per heavy atom. The van der Waals surface area contributed by atoms with Gasteiger partial charge in [-0.3, -0.25) is 0 Å². The molecule has 3 heteroatoms. The molecule has 0 saturated carbocycles. The van der Waals surface area contributed by atoms with Crippen molar-refractivity contribution in [3.8, 4) is 0 Å². The summed E-state index contributed by atoms with van der Waals surface area (Å²) in [5.41, 5.74) is 1.12. The van der Waals surface area contributed by atoms with Crippen LogP contribution in [0.3, 0.4) is 0 Å². The van der Waals surface area contributed by atoms with Gasteiger partial charge >= 0.3 is 0 Å². The average molecular weight is 170 g/mol. The predicted octanol–water partition coefficient (Wildman–Crippen LogP) is 2.12. The number of hydrogen-bond acceptors (Lipinski definition) is 3. The number of nitrogens with one attached hydrogen (secondary N) is 1. The van der Waals surface area contributed by atoms with Gasteiger partial charge in [-0.1, -0.05) is 6.92 Å². The maximum atomic E-state index is 4.41. The molecule has 0 fully saturated rings. The highest BCUT2D eigenvalue weighted by molar-refractivity contribution is 7.09. The molecule has 0 saturated heterocycles. The van der Waals surface area contributed by atoms with E-state index in [1.54, 1.807) is 11.3 Å². The molecule has 1 atom stereocenters. The number of aromatic nitrogens is 1. The molecular weight excluding hydrogens is 156 g/mol. The maximum absolute atomic E-state index is 4.41. The molecule has 62 valence electrons. The number of aryl methyl sites for hydroxylation is 1. The summed E-state index contributed by atoms with van der Waals surface area (Å²) in [6.45, 7) is 4.19.